The van der Waals surface area contributed by atoms with E-state index in [9.17, 15) is 9.59 Å². The molecule has 0 atom stereocenters. The van der Waals surface area contributed by atoms with Gasteiger partial charge in [0.1, 0.15) is 0 Å². The van der Waals surface area contributed by atoms with Crippen LogP contribution < -0.4 is 0 Å². The van der Waals surface area contributed by atoms with Crippen molar-refractivity contribution in [2.75, 3.05) is 19.6 Å². The smallest absolute Gasteiger partial charge is 0.253 e. The van der Waals surface area contributed by atoms with Gasteiger partial charge in [0.05, 0.1) is 0 Å². The second-order valence-corrected chi connectivity index (χ2v) is 8.21. The third kappa shape index (κ3) is 4.11. The van der Waals surface area contributed by atoms with Crippen LogP contribution in [0.25, 0.3) is 0 Å². The minimum atomic E-state index is 0.130. The Hall–Kier alpha value is -2.62. The van der Waals surface area contributed by atoms with Gasteiger partial charge in [0, 0.05) is 38.2 Å². The molecule has 2 saturated heterocycles. The summed E-state index contributed by atoms with van der Waals surface area (Å²) in [5, 5.41) is 0. The fraction of sp³-hybridized carbons (Fsp3) is 0.417. The average molecular weight is 377 g/mol. The predicted molar refractivity (Wildman–Crippen MR) is 110 cm³/mol. The predicted octanol–water partition coefficient (Wildman–Crippen LogP) is 4.12. The number of likely N-dealkylation sites (tertiary alicyclic amines) is 2. The van der Waals surface area contributed by atoms with Gasteiger partial charge in [0.2, 0.25) is 5.91 Å². The van der Waals surface area contributed by atoms with Crippen LogP contribution >= 0.6 is 0 Å². The lowest BCUT2D eigenvalue weighted by atomic mass is 9.73. The molecule has 146 valence electrons. The fourth-order valence-corrected chi connectivity index (χ4v) is 4.57. The highest BCUT2D eigenvalue weighted by Gasteiger charge is 2.38. The van der Waals surface area contributed by atoms with Crippen molar-refractivity contribution in [1.82, 2.24) is 9.80 Å². The van der Waals surface area contributed by atoms with E-state index in [0.29, 0.717) is 13.0 Å². The van der Waals surface area contributed by atoms with Crippen LogP contribution in [0.1, 0.15) is 48.0 Å². The number of piperidine rings is 1. The van der Waals surface area contributed by atoms with Gasteiger partial charge in [-0.1, -0.05) is 48.5 Å². The van der Waals surface area contributed by atoms with Crippen molar-refractivity contribution >= 4 is 11.8 Å². The summed E-state index contributed by atoms with van der Waals surface area (Å²) >= 11 is 0. The molecule has 2 aliphatic heterocycles. The standard InChI is InChI=1S/C24H28N2O2/c27-22-11-12-24(15-18-26(22)19-20-7-3-1-4-8-20)13-16-25(17-14-24)23(28)21-9-5-2-6-10-21/h1-10H,11-19H2. The van der Waals surface area contributed by atoms with Crippen molar-refractivity contribution in [3.8, 4) is 0 Å². The highest BCUT2D eigenvalue weighted by Crippen LogP contribution is 2.41. The zero-order chi connectivity index (χ0) is 19.4. The number of hydrogen-bond acceptors (Lipinski definition) is 2. The van der Waals surface area contributed by atoms with Crippen molar-refractivity contribution in [3.05, 3.63) is 71.8 Å². The van der Waals surface area contributed by atoms with Crippen LogP contribution in [0.3, 0.4) is 0 Å². The molecule has 4 rings (SSSR count). The molecular weight excluding hydrogens is 348 g/mol. The first-order valence-corrected chi connectivity index (χ1v) is 10.3. The Morgan fingerprint density at radius 1 is 0.821 bits per heavy atom. The Bertz CT molecular complexity index is 811. The maximum atomic E-state index is 12.7. The van der Waals surface area contributed by atoms with Crippen LogP contribution in [0.15, 0.2) is 60.7 Å². The van der Waals surface area contributed by atoms with E-state index >= 15 is 0 Å². The van der Waals surface area contributed by atoms with Gasteiger partial charge in [-0.25, -0.2) is 0 Å². The van der Waals surface area contributed by atoms with Crippen LogP contribution in [-0.4, -0.2) is 41.2 Å². The zero-order valence-electron chi connectivity index (χ0n) is 16.3. The fourth-order valence-electron chi connectivity index (χ4n) is 4.57. The van der Waals surface area contributed by atoms with Crippen LogP contribution in [0.5, 0.6) is 0 Å². The van der Waals surface area contributed by atoms with E-state index in [1.807, 2.05) is 58.3 Å². The SMILES string of the molecule is O=C1CCC2(CCN1Cc1ccccc1)CCN(C(=O)c1ccccc1)CC2. The van der Waals surface area contributed by atoms with Crippen molar-refractivity contribution in [2.24, 2.45) is 5.41 Å². The molecule has 2 aromatic carbocycles. The minimum absolute atomic E-state index is 0.130. The van der Waals surface area contributed by atoms with Crippen LogP contribution in [0.2, 0.25) is 0 Å². The largest absolute Gasteiger partial charge is 0.339 e. The van der Waals surface area contributed by atoms with Gasteiger partial charge in [-0.3, -0.25) is 9.59 Å². The summed E-state index contributed by atoms with van der Waals surface area (Å²) in [6, 6.07) is 19.8. The van der Waals surface area contributed by atoms with E-state index in [1.165, 1.54) is 5.56 Å². The Balaban J connectivity index is 1.36. The van der Waals surface area contributed by atoms with Crippen LogP contribution in [-0.2, 0) is 11.3 Å². The summed E-state index contributed by atoms with van der Waals surface area (Å²) < 4.78 is 0. The summed E-state index contributed by atoms with van der Waals surface area (Å²) in [6.07, 6.45) is 4.61. The molecule has 2 fully saturated rings. The lowest BCUT2D eigenvalue weighted by Gasteiger charge is -2.41. The first-order chi connectivity index (χ1) is 13.7. The summed E-state index contributed by atoms with van der Waals surface area (Å²) in [6.45, 7) is 3.11. The Morgan fingerprint density at radius 3 is 2.11 bits per heavy atom. The zero-order valence-corrected chi connectivity index (χ0v) is 16.3. The Kier molecular flexibility index (Phi) is 5.47. The van der Waals surface area contributed by atoms with E-state index in [2.05, 4.69) is 12.1 Å². The average Bonchev–Trinajstić information content (AvgIpc) is 2.90. The van der Waals surface area contributed by atoms with Gasteiger partial charge >= 0.3 is 0 Å². The Morgan fingerprint density at radius 2 is 1.43 bits per heavy atom. The maximum absolute atomic E-state index is 12.7. The van der Waals surface area contributed by atoms with Gasteiger partial charge in [-0.05, 0) is 48.8 Å². The van der Waals surface area contributed by atoms with Crippen molar-refractivity contribution < 1.29 is 9.59 Å². The Labute approximate surface area is 167 Å². The molecule has 28 heavy (non-hydrogen) atoms. The second kappa shape index (κ2) is 8.17. The molecule has 0 saturated carbocycles. The molecule has 2 amide bonds. The molecule has 0 unspecified atom stereocenters. The summed E-state index contributed by atoms with van der Waals surface area (Å²) in [5.74, 6) is 0.398. The maximum Gasteiger partial charge on any atom is 0.253 e. The molecule has 2 aliphatic rings. The first-order valence-electron chi connectivity index (χ1n) is 10.3. The highest BCUT2D eigenvalue weighted by atomic mass is 16.2. The molecule has 4 nitrogen and oxygen atoms in total. The van der Waals surface area contributed by atoms with E-state index in [1.54, 1.807) is 0 Å². The molecule has 0 bridgehead atoms. The topological polar surface area (TPSA) is 40.6 Å². The lowest BCUT2D eigenvalue weighted by molar-refractivity contribution is -0.131. The van der Waals surface area contributed by atoms with Crippen LogP contribution in [0.4, 0.5) is 0 Å². The molecular formula is C24H28N2O2. The molecule has 4 heteroatoms. The summed E-state index contributed by atoms with van der Waals surface area (Å²) in [7, 11) is 0. The quantitative estimate of drug-likeness (QED) is 0.808. The first kappa shape index (κ1) is 18.7. The van der Waals surface area contributed by atoms with Crippen LogP contribution in [0, 0.1) is 5.41 Å². The normalized spacial score (nSPS) is 19.5. The van der Waals surface area contributed by atoms with Crippen molar-refractivity contribution in [1.29, 1.82) is 0 Å². The second-order valence-electron chi connectivity index (χ2n) is 8.21. The monoisotopic (exact) mass is 376 g/mol. The number of rotatable bonds is 3. The lowest BCUT2D eigenvalue weighted by Crippen LogP contribution is -2.43. The van der Waals surface area contributed by atoms with Gasteiger partial charge < -0.3 is 9.80 Å². The molecule has 0 radical (unpaired) electrons. The molecule has 0 N–H and O–H groups in total. The van der Waals surface area contributed by atoms with Crippen molar-refractivity contribution in [3.63, 3.8) is 0 Å². The van der Waals surface area contributed by atoms with Gasteiger partial charge in [0.25, 0.3) is 5.91 Å². The third-order valence-electron chi connectivity index (χ3n) is 6.48. The van der Waals surface area contributed by atoms with E-state index < -0.39 is 0 Å². The number of amides is 2. The van der Waals surface area contributed by atoms with Gasteiger partial charge in [-0.15, -0.1) is 0 Å². The minimum Gasteiger partial charge on any atom is -0.339 e. The molecule has 2 aromatic rings. The molecule has 0 aromatic heterocycles. The number of nitrogens with zero attached hydrogens (tertiary/aromatic N) is 2. The van der Waals surface area contributed by atoms with Crippen molar-refractivity contribution in [2.45, 2.75) is 38.6 Å². The number of carbonyl (C=O) groups is 2. The van der Waals surface area contributed by atoms with Gasteiger partial charge in [0.15, 0.2) is 0 Å². The third-order valence-corrected chi connectivity index (χ3v) is 6.48. The summed E-state index contributed by atoms with van der Waals surface area (Å²) in [5.41, 5.74) is 2.16. The molecule has 0 aliphatic carbocycles. The number of benzene rings is 2. The molecule has 2 heterocycles. The van der Waals surface area contributed by atoms with E-state index in [4.69, 9.17) is 0 Å². The number of hydrogen-bond donors (Lipinski definition) is 0. The van der Waals surface area contributed by atoms with E-state index in [-0.39, 0.29) is 17.2 Å². The van der Waals surface area contributed by atoms with Gasteiger partial charge in [-0.2, -0.15) is 0 Å². The van der Waals surface area contributed by atoms with E-state index in [0.717, 1.165) is 50.9 Å². The number of carbonyl (C=O) groups excluding carboxylic acids is 2. The summed E-state index contributed by atoms with van der Waals surface area (Å²) in [4.78, 5) is 29.4. The molecule has 1 spiro atoms. The highest BCUT2D eigenvalue weighted by molar-refractivity contribution is 5.94.